The summed E-state index contributed by atoms with van der Waals surface area (Å²) in [7, 11) is 1.75. The summed E-state index contributed by atoms with van der Waals surface area (Å²) in [6.45, 7) is 10.9. The molecule has 0 amide bonds. The second kappa shape index (κ2) is 7.87. The summed E-state index contributed by atoms with van der Waals surface area (Å²) in [5.74, 6) is -0.900. The lowest BCUT2D eigenvalue weighted by molar-refractivity contribution is -0.158. The molecule has 1 atom stereocenters. The molecule has 6 heteroatoms. The Morgan fingerprint density at radius 3 is 2.12 bits per heavy atom. The predicted molar refractivity (Wildman–Crippen MR) is 95.4 cm³/mol. The number of hydrogen-bond donors (Lipinski definition) is 2. The number of carbonyl (C=O) groups is 2. The van der Waals surface area contributed by atoms with Crippen LogP contribution in [-0.2, 0) is 14.3 Å². The largest absolute Gasteiger partial charge is 0.504 e. The molecule has 25 heavy (non-hydrogen) atoms. The van der Waals surface area contributed by atoms with Crippen LogP contribution in [0.2, 0.25) is 0 Å². The Morgan fingerprint density at radius 1 is 1.08 bits per heavy atom. The number of ether oxygens (including phenoxy) is 2. The Hall–Kier alpha value is -2.08. The fraction of sp³-hybridized carbons (Fsp3) is 0.579. The van der Waals surface area contributed by atoms with Crippen LogP contribution in [0, 0.1) is 10.8 Å². The summed E-state index contributed by atoms with van der Waals surface area (Å²) < 4.78 is 10.9. The summed E-state index contributed by atoms with van der Waals surface area (Å²) in [6, 6.07) is 4.59. The lowest BCUT2D eigenvalue weighted by atomic mass is 9.97. The highest BCUT2D eigenvalue weighted by molar-refractivity contribution is 5.78. The number of phenols is 1. The second-order valence-electron chi connectivity index (χ2n) is 8.07. The first kappa shape index (κ1) is 21.0. The van der Waals surface area contributed by atoms with Gasteiger partial charge in [-0.1, -0.05) is 6.07 Å². The van der Waals surface area contributed by atoms with Crippen molar-refractivity contribution < 1.29 is 24.2 Å². The smallest absolute Gasteiger partial charge is 0.316 e. The summed E-state index contributed by atoms with van der Waals surface area (Å²) >= 11 is 0. The molecule has 0 heterocycles. The third-order valence-electron chi connectivity index (χ3n) is 3.42. The Kier molecular flexibility index (Phi) is 6.60. The van der Waals surface area contributed by atoms with Crippen LogP contribution in [0.3, 0.4) is 0 Å². The van der Waals surface area contributed by atoms with Crippen LogP contribution < -0.4 is 10.1 Å². The van der Waals surface area contributed by atoms with Crippen molar-refractivity contribution >= 4 is 11.9 Å². The Morgan fingerprint density at radius 2 is 1.64 bits per heavy atom. The molecule has 140 valence electrons. The van der Waals surface area contributed by atoms with E-state index in [1.54, 1.807) is 54.7 Å². The summed E-state index contributed by atoms with van der Waals surface area (Å²) in [6.07, 6.45) is -0.565. The van der Waals surface area contributed by atoms with E-state index in [-0.39, 0.29) is 17.5 Å². The molecule has 0 aliphatic carbocycles. The van der Waals surface area contributed by atoms with Crippen LogP contribution >= 0.6 is 0 Å². The van der Waals surface area contributed by atoms with E-state index in [0.717, 1.165) is 0 Å². The van der Waals surface area contributed by atoms with Crippen molar-refractivity contribution in [3.05, 3.63) is 23.8 Å². The summed E-state index contributed by atoms with van der Waals surface area (Å²) in [5.41, 5.74) is -0.711. The van der Waals surface area contributed by atoms with Crippen LogP contribution in [0.25, 0.3) is 0 Å². The zero-order valence-electron chi connectivity index (χ0n) is 16.1. The van der Waals surface area contributed by atoms with Crippen LogP contribution in [0.4, 0.5) is 0 Å². The zero-order chi connectivity index (χ0) is 19.4. The molecule has 0 radical (unpaired) electrons. The van der Waals surface area contributed by atoms with Gasteiger partial charge < -0.3 is 19.9 Å². The van der Waals surface area contributed by atoms with Gasteiger partial charge in [0.15, 0.2) is 11.5 Å². The van der Waals surface area contributed by atoms with Crippen LogP contribution in [0.15, 0.2) is 18.2 Å². The highest BCUT2D eigenvalue weighted by Crippen LogP contribution is 2.33. The maximum atomic E-state index is 12.2. The van der Waals surface area contributed by atoms with Gasteiger partial charge in [-0.25, -0.2) is 0 Å². The lowest BCUT2D eigenvalue weighted by Gasteiger charge is -2.24. The van der Waals surface area contributed by atoms with Gasteiger partial charge in [0.2, 0.25) is 0 Å². The van der Waals surface area contributed by atoms with Gasteiger partial charge in [-0.2, -0.15) is 0 Å². The molecule has 0 aliphatic rings. The maximum absolute atomic E-state index is 12.2. The Bertz CT molecular complexity index is 626. The molecule has 2 N–H and O–H groups in total. The minimum absolute atomic E-state index is 0.0466. The Balaban J connectivity index is 3.10. The molecule has 0 saturated carbocycles. The van der Waals surface area contributed by atoms with Crippen molar-refractivity contribution in [2.75, 3.05) is 13.6 Å². The minimum Gasteiger partial charge on any atom is -0.504 e. The number of phenolic OH excluding ortho intramolecular Hbond substituents is 1. The number of likely N-dealkylation sites (N-methyl/N-ethyl adjacent to an activating group) is 1. The monoisotopic (exact) mass is 351 g/mol. The number of benzene rings is 1. The lowest BCUT2D eigenvalue weighted by Crippen LogP contribution is -2.29. The van der Waals surface area contributed by atoms with Gasteiger partial charge in [-0.05, 0) is 66.3 Å². The SMILES string of the molecule is CNCC(OC(=O)C(C)(C)C)c1ccc(O)c(OC(=O)C(C)(C)C)c1. The fourth-order valence-corrected chi connectivity index (χ4v) is 1.78. The van der Waals surface area contributed by atoms with E-state index in [1.165, 1.54) is 12.1 Å². The van der Waals surface area contributed by atoms with E-state index < -0.39 is 22.9 Å². The molecule has 0 aliphatic heterocycles. The molecule has 0 bridgehead atoms. The maximum Gasteiger partial charge on any atom is 0.316 e. The summed E-state index contributed by atoms with van der Waals surface area (Å²) in [4.78, 5) is 24.3. The predicted octanol–water partition coefficient (Wildman–Crippen LogP) is 3.19. The molecule has 6 nitrogen and oxygen atoms in total. The molecule has 1 aromatic rings. The molecular formula is C19H29NO5. The van der Waals surface area contributed by atoms with Gasteiger partial charge in [-0.15, -0.1) is 0 Å². The molecule has 1 aromatic carbocycles. The second-order valence-corrected chi connectivity index (χ2v) is 8.07. The zero-order valence-corrected chi connectivity index (χ0v) is 16.1. The van der Waals surface area contributed by atoms with Crippen molar-refractivity contribution in [2.24, 2.45) is 10.8 Å². The van der Waals surface area contributed by atoms with E-state index in [2.05, 4.69) is 5.32 Å². The molecule has 0 fully saturated rings. The first-order chi connectivity index (χ1) is 11.4. The van der Waals surface area contributed by atoms with E-state index in [0.29, 0.717) is 12.1 Å². The standard InChI is InChI=1S/C19H29NO5/c1-18(2,3)16(22)24-14-10-12(8-9-13(14)21)15(11-20-7)25-17(23)19(4,5)6/h8-10,15,20-21H,11H2,1-7H3. The molecule has 1 rings (SSSR count). The van der Waals surface area contributed by atoms with Crippen LogP contribution in [0.5, 0.6) is 11.5 Å². The average molecular weight is 351 g/mol. The molecule has 1 unspecified atom stereocenters. The fourth-order valence-electron chi connectivity index (χ4n) is 1.78. The third kappa shape index (κ3) is 6.05. The number of aromatic hydroxyl groups is 1. The van der Waals surface area contributed by atoms with Crippen molar-refractivity contribution in [1.82, 2.24) is 5.32 Å². The Labute approximate surface area is 149 Å². The average Bonchev–Trinajstić information content (AvgIpc) is 2.47. The van der Waals surface area contributed by atoms with Crippen molar-refractivity contribution in [2.45, 2.75) is 47.6 Å². The quantitative estimate of drug-likeness (QED) is 0.626. The molecule has 0 saturated heterocycles. The molecular weight excluding hydrogens is 322 g/mol. The summed E-state index contributed by atoms with van der Waals surface area (Å²) in [5, 5.41) is 12.9. The van der Waals surface area contributed by atoms with Gasteiger partial charge in [0, 0.05) is 6.54 Å². The van der Waals surface area contributed by atoms with Crippen molar-refractivity contribution in [3.8, 4) is 11.5 Å². The van der Waals surface area contributed by atoms with Gasteiger partial charge >= 0.3 is 11.9 Å². The van der Waals surface area contributed by atoms with Crippen LogP contribution in [0.1, 0.15) is 53.2 Å². The number of carbonyl (C=O) groups excluding carboxylic acids is 2. The van der Waals surface area contributed by atoms with Gasteiger partial charge in [0.25, 0.3) is 0 Å². The van der Waals surface area contributed by atoms with Gasteiger partial charge in [0.05, 0.1) is 10.8 Å². The molecule has 0 aromatic heterocycles. The topological polar surface area (TPSA) is 84.9 Å². The first-order valence-corrected chi connectivity index (χ1v) is 8.27. The van der Waals surface area contributed by atoms with Crippen LogP contribution in [-0.4, -0.2) is 30.6 Å². The number of hydrogen-bond acceptors (Lipinski definition) is 6. The van der Waals surface area contributed by atoms with Crippen molar-refractivity contribution in [3.63, 3.8) is 0 Å². The normalized spacial score (nSPS) is 13.2. The molecule has 0 spiro atoms. The van der Waals surface area contributed by atoms with E-state index in [9.17, 15) is 14.7 Å². The highest BCUT2D eigenvalue weighted by Gasteiger charge is 2.28. The number of nitrogens with one attached hydrogen (secondary N) is 1. The number of esters is 2. The van der Waals surface area contributed by atoms with E-state index in [4.69, 9.17) is 9.47 Å². The first-order valence-electron chi connectivity index (χ1n) is 8.27. The van der Waals surface area contributed by atoms with Gasteiger partial charge in [-0.3, -0.25) is 9.59 Å². The van der Waals surface area contributed by atoms with E-state index in [1.807, 2.05) is 0 Å². The van der Waals surface area contributed by atoms with Gasteiger partial charge in [0.1, 0.15) is 6.10 Å². The van der Waals surface area contributed by atoms with Crippen molar-refractivity contribution in [1.29, 1.82) is 0 Å². The third-order valence-corrected chi connectivity index (χ3v) is 3.42. The number of rotatable bonds is 5. The highest BCUT2D eigenvalue weighted by atomic mass is 16.5. The minimum atomic E-state index is -0.703. The van der Waals surface area contributed by atoms with E-state index >= 15 is 0 Å².